The fourth-order valence-corrected chi connectivity index (χ4v) is 4.37. The highest BCUT2D eigenvalue weighted by molar-refractivity contribution is 5.97. The Bertz CT molecular complexity index is 1320. The van der Waals surface area contributed by atoms with Gasteiger partial charge in [0, 0.05) is 25.2 Å². The Balaban J connectivity index is 1.36. The number of alkyl halides is 3. The van der Waals surface area contributed by atoms with E-state index in [0.29, 0.717) is 36.2 Å². The highest BCUT2D eigenvalue weighted by atomic mass is 19.4. The van der Waals surface area contributed by atoms with Crippen LogP contribution in [-0.2, 0) is 22.2 Å². The van der Waals surface area contributed by atoms with Crippen molar-refractivity contribution in [2.45, 2.75) is 44.8 Å². The minimum Gasteiger partial charge on any atom is -0.478 e. The third kappa shape index (κ3) is 5.99. The molecular formula is C26H25F3N4O4. The Kier molecular flexibility index (Phi) is 7.33. The number of nitrogens with zero attached hydrogens (tertiary/aromatic N) is 3. The lowest BCUT2D eigenvalue weighted by Gasteiger charge is -2.23. The SMILES string of the molecule is Cc1cc(-n2ccc(NC(=O)[C@H]3CCCN3C(=O)CCc3ccc(C(F)(F)F)cc3)n2)ccc1C(=O)O. The van der Waals surface area contributed by atoms with Crippen molar-refractivity contribution >= 4 is 23.6 Å². The summed E-state index contributed by atoms with van der Waals surface area (Å²) in [5.74, 6) is -1.35. The van der Waals surface area contributed by atoms with Gasteiger partial charge in [0.15, 0.2) is 5.82 Å². The minimum absolute atomic E-state index is 0.0788. The van der Waals surface area contributed by atoms with E-state index in [4.69, 9.17) is 0 Å². The van der Waals surface area contributed by atoms with Crippen molar-refractivity contribution in [3.63, 3.8) is 0 Å². The number of likely N-dealkylation sites (tertiary alicyclic amines) is 1. The van der Waals surface area contributed by atoms with Gasteiger partial charge in [-0.15, -0.1) is 0 Å². The number of nitrogens with one attached hydrogen (secondary N) is 1. The maximum absolute atomic E-state index is 12.9. The van der Waals surface area contributed by atoms with Crippen molar-refractivity contribution in [2.24, 2.45) is 0 Å². The summed E-state index contributed by atoms with van der Waals surface area (Å²) in [5, 5.41) is 16.3. The molecule has 2 aromatic carbocycles. The van der Waals surface area contributed by atoms with Crippen molar-refractivity contribution in [3.05, 3.63) is 77.0 Å². The van der Waals surface area contributed by atoms with E-state index >= 15 is 0 Å². The lowest BCUT2D eigenvalue weighted by Crippen LogP contribution is -2.43. The number of rotatable bonds is 7. The van der Waals surface area contributed by atoms with Gasteiger partial charge in [0.1, 0.15) is 6.04 Å². The molecule has 0 aliphatic carbocycles. The zero-order valence-electron chi connectivity index (χ0n) is 20.0. The second-order valence-electron chi connectivity index (χ2n) is 8.88. The molecule has 1 saturated heterocycles. The molecule has 0 radical (unpaired) electrons. The van der Waals surface area contributed by atoms with Gasteiger partial charge in [-0.2, -0.15) is 18.3 Å². The summed E-state index contributed by atoms with van der Waals surface area (Å²) >= 11 is 0. The molecule has 8 nitrogen and oxygen atoms in total. The molecule has 1 aliphatic heterocycles. The molecule has 0 unspecified atom stereocenters. The molecule has 194 valence electrons. The Hall–Kier alpha value is -4.15. The van der Waals surface area contributed by atoms with Crippen molar-refractivity contribution < 1.29 is 32.7 Å². The molecule has 1 aliphatic rings. The summed E-state index contributed by atoms with van der Waals surface area (Å²) in [6.45, 7) is 2.11. The lowest BCUT2D eigenvalue weighted by atomic mass is 10.1. The van der Waals surface area contributed by atoms with E-state index < -0.39 is 23.8 Å². The summed E-state index contributed by atoms with van der Waals surface area (Å²) in [4.78, 5) is 38.5. The zero-order valence-corrected chi connectivity index (χ0v) is 20.0. The third-order valence-electron chi connectivity index (χ3n) is 6.33. The van der Waals surface area contributed by atoms with Crippen LogP contribution in [0.15, 0.2) is 54.7 Å². The first-order chi connectivity index (χ1) is 17.5. The minimum atomic E-state index is -4.41. The number of halogens is 3. The van der Waals surface area contributed by atoms with Crippen LogP contribution in [0, 0.1) is 6.92 Å². The van der Waals surface area contributed by atoms with Crippen molar-refractivity contribution in [3.8, 4) is 5.69 Å². The van der Waals surface area contributed by atoms with Crippen LogP contribution in [0.2, 0.25) is 0 Å². The van der Waals surface area contributed by atoms with Crippen LogP contribution < -0.4 is 5.32 Å². The van der Waals surface area contributed by atoms with Crippen LogP contribution in [0.25, 0.3) is 5.69 Å². The number of aromatic nitrogens is 2. The number of carboxylic acid groups (broad SMARTS) is 1. The highest BCUT2D eigenvalue weighted by Gasteiger charge is 2.34. The smallest absolute Gasteiger partial charge is 0.416 e. The number of anilines is 1. The van der Waals surface area contributed by atoms with E-state index in [1.54, 1.807) is 31.3 Å². The number of aryl methyl sites for hydroxylation is 2. The first-order valence-electron chi connectivity index (χ1n) is 11.7. The molecule has 1 atom stereocenters. The van der Waals surface area contributed by atoms with Gasteiger partial charge in [0.25, 0.3) is 0 Å². The number of carbonyl (C=O) groups excluding carboxylic acids is 2. The van der Waals surface area contributed by atoms with Gasteiger partial charge in [-0.25, -0.2) is 9.48 Å². The van der Waals surface area contributed by atoms with E-state index in [0.717, 1.165) is 12.1 Å². The van der Waals surface area contributed by atoms with Crippen LogP contribution in [-0.4, -0.2) is 50.2 Å². The molecule has 1 fully saturated rings. The molecule has 2 heterocycles. The molecule has 0 bridgehead atoms. The monoisotopic (exact) mass is 514 g/mol. The average Bonchev–Trinajstić information content (AvgIpc) is 3.52. The van der Waals surface area contributed by atoms with Gasteiger partial charge < -0.3 is 15.3 Å². The maximum atomic E-state index is 12.9. The summed E-state index contributed by atoms with van der Waals surface area (Å²) in [7, 11) is 0. The first-order valence-corrected chi connectivity index (χ1v) is 11.7. The standard InChI is InChI=1S/C26H25F3N4O4/c1-16-15-19(9-10-20(16)25(36)37)33-14-12-22(31-33)30-24(35)21-3-2-13-32(21)23(34)11-6-17-4-7-18(8-5-17)26(27,28)29/h4-5,7-10,12,14-15,21H,2-3,6,11,13H2,1H3,(H,36,37)(H,30,31,35)/t21-/m1/s1. The number of carboxylic acids is 1. The molecule has 37 heavy (non-hydrogen) atoms. The Morgan fingerprint density at radius 2 is 1.84 bits per heavy atom. The van der Waals surface area contributed by atoms with Gasteiger partial charge in [0.2, 0.25) is 11.8 Å². The second-order valence-corrected chi connectivity index (χ2v) is 8.88. The van der Waals surface area contributed by atoms with Crippen LogP contribution in [0.4, 0.5) is 19.0 Å². The summed E-state index contributed by atoms with van der Waals surface area (Å²) < 4.78 is 39.7. The largest absolute Gasteiger partial charge is 0.478 e. The molecular weight excluding hydrogens is 489 g/mol. The molecule has 4 rings (SSSR count). The molecule has 0 spiro atoms. The van der Waals surface area contributed by atoms with Crippen LogP contribution in [0.1, 0.15) is 46.3 Å². The first kappa shape index (κ1) is 25.9. The number of carbonyl (C=O) groups is 3. The lowest BCUT2D eigenvalue weighted by molar-refractivity contribution is -0.137. The molecule has 1 aromatic heterocycles. The van der Waals surface area contributed by atoms with Gasteiger partial charge >= 0.3 is 12.1 Å². The van der Waals surface area contributed by atoms with Crippen molar-refractivity contribution in [2.75, 3.05) is 11.9 Å². The van der Waals surface area contributed by atoms with E-state index in [2.05, 4.69) is 10.4 Å². The van der Waals surface area contributed by atoms with Crippen LogP contribution in [0.3, 0.4) is 0 Å². The van der Waals surface area contributed by atoms with Gasteiger partial charge in [-0.05, 0) is 67.6 Å². The number of benzene rings is 2. The van der Waals surface area contributed by atoms with E-state index in [-0.39, 0.29) is 36.0 Å². The normalized spacial score (nSPS) is 15.6. The van der Waals surface area contributed by atoms with E-state index in [1.165, 1.54) is 27.8 Å². The third-order valence-corrected chi connectivity index (χ3v) is 6.33. The average molecular weight is 515 g/mol. The Morgan fingerprint density at radius 3 is 2.49 bits per heavy atom. The fraction of sp³-hybridized carbons (Fsp3) is 0.308. The maximum Gasteiger partial charge on any atom is 0.416 e. The van der Waals surface area contributed by atoms with Crippen LogP contribution >= 0.6 is 0 Å². The number of aromatic carboxylic acids is 1. The molecule has 0 saturated carbocycles. The predicted octanol–water partition coefficient (Wildman–Crippen LogP) is 4.46. The molecule has 2 N–H and O–H groups in total. The molecule has 11 heteroatoms. The summed E-state index contributed by atoms with van der Waals surface area (Å²) in [6.07, 6.45) is -1.28. The number of hydrogen-bond acceptors (Lipinski definition) is 4. The molecule has 3 aromatic rings. The van der Waals surface area contributed by atoms with Crippen LogP contribution in [0.5, 0.6) is 0 Å². The van der Waals surface area contributed by atoms with Crippen molar-refractivity contribution in [1.29, 1.82) is 0 Å². The van der Waals surface area contributed by atoms with Gasteiger partial charge in [-0.3, -0.25) is 9.59 Å². The summed E-state index contributed by atoms with van der Waals surface area (Å²) in [6, 6.07) is 10.4. The summed E-state index contributed by atoms with van der Waals surface area (Å²) in [5.41, 5.74) is 1.26. The predicted molar refractivity (Wildman–Crippen MR) is 128 cm³/mol. The second kappa shape index (κ2) is 10.5. The van der Waals surface area contributed by atoms with Gasteiger partial charge in [0.05, 0.1) is 16.8 Å². The van der Waals surface area contributed by atoms with E-state index in [1.807, 2.05) is 0 Å². The zero-order chi connectivity index (χ0) is 26.7. The number of hydrogen-bond donors (Lipinski definition) is 2. The Labute approximate surface area is 210 Å². The fourth-order valence-electron chi connectivity index (χ4n) is 4.37. The molecule has 2 amide bonds. The van der Waals surface area contributed by atoms with Gasteiger partial charge in [-0.1, -0.05) is 12.1 Å². The number of amides is 2. The van der Waals surface area contributed by atoms with Crippen molar-refractivity contribution in [1.82, 2.24) is 14.7 Å². The van der Waals surface area contributed by atoms with E-state index in [9.17, 15) is 32.7 Å². The quantitative estimate of drug-likeness (QED) is 0.485. The topological polar surface area (TPSA) is 105 Å². The Morgan fingerprint density at radius 1 is 1.11 bits per heavy atom. The highest BCUT2D eigenvalue weighted by Crippen LogP contribution is 2.29.